The number of ether oxygens (including phenoxy) is 1. The van der Waals surface area contributed by atoms with Gasteiger partial charge in [0.2, 0.25) is 0 Å². The van der Waals surface area contributed by atoms with E-state index in [4.69, 9.17) is 9.72 Å². The second-order valence-corrected chi connectivity index (χ2v) is 8.46. The number of benzene rings is 1. The van der Waals surface area contributed by atoms with E-state index in [2.05, 4.69) is 25.3 Å². The molecule has 0 unspecified atom stereocenters. The summed E-state index contributed by atoms with van der Waals surface area (Å²) in [5.74, 6) is 0.504. The van der Waals surface area contributed by atoms with Crippen molar-refractivity contribution in [1.29, 1.82) is 0 Å². The number of nitrogens with zero attached hydrogens (tertiary/aromatic N) is 6. The fraction of sp³-hybridized carbons (Fsp3) is 0.409. The third kappa shape index (κ3) is 3.39. The fourth-order valence-electron chi connectivity index (χ4n) is 4.46. The molecule has 4 aromatic rings. The van der Waals surface area contributed by atoms with Crippen LogP contribution >= 0.6 is 0 Å². The van der Waals surface area contributed by atoms with Gasteiger partial charge in [-0.3, -0.25) is 4.79 Å². The second kappa shape index (κ2) is 7.77. The van der Waals surface area contributed by atoms with Crippen LogP contribution in [0, 0.1) is 5.82 Å². The van der Waals surface area contributed by atoms with E-state index in [-0.39, 0.29) is 23.6 Å². The molecule has 3 aromatic heterocycles. The normalized spacial score (nSPS) is 17.6. The number of nitrogens with one attached hydrogen (secondary N) is 2. The van der Waals surface area contributed by atoms with Crippen molar-refractivity contribution in [2.45, 2.75) is 31.8 Å². The van der Waals surface area contributed by atoms with E-state index in [1.54, 1.807) is 17.3 Å². The molecular formula is C22H23FN8O2. The third-order valence-electron chi connectivity index (χ3n) is 6.22. The van der Waals surface area contributed by atoms with E-state index in [1.165, 1.54) is 12.4 Å². The summed E-state index contributed by atoms with van der Waals surface area (Å²) in [6.07, 6.45) is 4.95. The van der Waals surface area contributed by atoms with Crippen molar-refractivity contribution < 1.29 is 13.9 Å². The molecule has 6 rings (SSSR count). The molecule has 1 saturated carbocycles. The number of aromatic amines is 1. The molecule has 1 amide bonds. The minimum Gasteiger partial charge on any atom is -0.378 e. The third-order valence-corrected chi connectivity index (χ3v) is 6.22. The number of carbonyl (C=O) groups excluding carboxylic acids is 1. The maximum Gasteiger partial charge on any atom is 0.259 e. The van der Waals surface area contributed by atoms with Crippen LogP contribution in [0.5, 0.6) is 0 Å². The smallest absolute Gasteiger partial charge is 0.259 e. The largest absolute Gasteiger partial charge is 0.378 e. The predicted octanol–water partition coefficient (Wildman–Crippen LogP) is 2.82. The van der Waals surface area contributed by atoms with Gasteiger partial charge in [-0.2, -0.15) is 0 Å². The summed E-state index contributed by atoms with van der Waals surface area (Å²) in [5.41, 5.74) is 2.53. The molecular weight excluding hydrogens is 427 g/mol. The van der Waals surface area contributed by atoms with Gasteiger partial charge in [0.15, 0.2) is 11.5 Å². The Bertz CT molecular complexity index is 1360. The molecule has 33 heavy (non-hydrogen) atoms. The number of morpholine rings is 1. The molecule has 0 radical (unpaired) electrons. The van der Waals surface area contributed by atoms with Crippen molar-refractivity contribution in [2.24, 2.45) is 0 Å². The van der Waals surface area contributed by atoms with Crippen molar-refractivity contribution in [3.63, 3.8) is 0 Å². The Morgan fingerprint density at radius 2 is 2.06 bits per heavy atom. The van der Waals surface area contributed by atoms with Crippen LogP contribution in [-0.4, -0.2) is 66.6 Å². The quantitative estimate of drug-likeness (QED) is 0.481. The van der Waals surface area contributed by atoms with E-state index >= 15 is 4.39 Å². The highest BCUT2D eigenvalue weighted by molar-refractivity contribution is 6.05. The number of H-pyrrole nitrogens is 1. The molecule has 1 aliphatic carbocycles. The number of hydrogen-bond donors (Lipinski definition) is 2. The van der Waals surface area contributed by atoms with E-state index in [0.29, 0.717) is 54.3 Å². The molecule has 1 atom stereocenters. The molecule has 4 heterocycles. The molecule has 2 N–H and O–H groups in total. The second-order valence-electron chi connectivity index (χ2n) is 8.46. The van der Waals surface area contributed by atoms with Crippen molar-refractivity contribution in [1.82, 2.24) is 34.4 Å². The lowest BCUT2D eigenvalue weighted by molar-refractivity contribution is 0.0301. The summed E-state index contributed by atoms with van der Waals surface area (Å²) in [6, 6.07) is 2.91. The van der Waals surface area contributed by atoms with Gasteiger partial charge in [-0.1, -0.05) is 0 Å². The first kappa shape index (κ1) is 20.0. The molecule has 170 valence electrons. The highest BCUT2D eigenvalue weighted by Gasteiger charge is 2.34. The van der Waals surface area contributed by atoms with Crippen molar-refractivity contribution in [2.75, 3.05) is 31.6 Å². The average molecular weight is 450 g/mol. The molecule has 0 spiro atoms. The van der Waals surface area contributed by atoms with Gasteiger partial charge in [0.1, 0.15) is 29.0 Å². The summed E-state index contributed by atoms with van der Waals surface area (Å²) in [4.78, 5) is 35.6. The SMILES string of the molecule is C[C@H](Nc1ncnc2nc[nH]c12)c1nc2ccc(F)c(C(=O)N3CCOCC3)c2n1C1CC1. The standard InChI is InChI=1S/C22H23FN8O2/c1-12(28-20-17-19(25-10-24-17)26-11-27-20)21-29-15-5-4-14(23)16(18(15)31(21)13-2-3-13)22(32)30-6-8-33-9-7-30/h4-5,10-13H,2-3,6-9H2,1H3,(H2,24,25,26,27,28)/t12-/m0/s1. The van der Waals surface area contributed by atoms with E-state index in [0.717, 1.165) is 18.7 Å². The lowest BCUT2D eigenvalue weighted by Crippen LogP contribution is -2.41. The van der Waals surface area contributed by atoms with Crippen LogP contribution in [0.2, 0.25) is 0 Å². The number of carbonyl (C=O) groups is 1. The number of hydrogen-bond acceptors (Lipinski definition) is 7. The number of halogens is 1. The lowest BCUT2D eigenvalue weighted by Gasteiger charge is -2.27. The average Bonchev–Trinajstić information content (AvgIpc) is 3.41. The van der Waals surface area contributed by atoms with Crippen molar-refractivity contribution in [3.05, 3.63) is 42.0 Å². The Morgan fingerprint density at radius 1 is 1.24 bits per heavy atom. The zero-order chi connectivity index (χ0) is 22.5. The first-order valence-corrected chi connectivity index (χ1v) is 11.1. The van der Waals surface area contributed by atoms with Crippen LogP contribution in [-0.2, 0) is 4.74 Å². The van der Waals surface area contributed by atoms with Gasteiger partial charge in [-0.05, 0) is 31.9 Å². The number of amides is 1. The Labute approximate surface area is 188 Å². The minimum atomic E-state index is -0.525. The Hall–Kier alpha value is -3.60. The molecule has 2 aliphatic rings. The van der Waals surface area contributed by atoms with Gasteiger partial charge in [-0.25, -0.2) is 24.3 Å². The van der Waals surface area contributed by atoms with E-state index in [1.807, 2.05) is 11.5 Å². The Morgan fingerprint density at radius 3 is 2.85 bits per heavy atom. The zero-order valence-electron chi connectivity index (χ0n) is 18.1. The number of fused-ring (bicyclic) bond motifs is 2. The fourth-order valence-corrected chi connectivity index (χ4v) is 4.46. The zero-order valence-corrected chi connectivity index (χ0v) is 18.1. The highest BCUT2D eigenvalue weighted by Crippen LogP contribution is 2.42. The first-order valence-electron chi connectivity index (χ1n) is 11.1. The van der Waals surface area contributed by atoms with Crippen LogP contribution in [0.15, 0.2) is 24.8 Å². The van der Waals surface area contributed by atoms with E-state index in [9.17, 15) is 4.79 Å². The van der Waals surface area contributed by atoms with Crippen LogP contribution in [0.4, 0.5) is 10.2 Å². The Balaban J connectivity index is 1.44. The van der Waals surface area contributed by atoms with Gasteiger partial charge >= 0.3 is 0 Å². The van der Waals surface area contributed by atoms with Gasteiger partial charge < -0.3 is 24.5 Å². The van der Waals surface area contributed by atoms with Gasteiger partial charge in [0.25, 0.3) is 5.91 Å². The number of aromatic nitrogens is 6. The molecule has 11 heteroatoms. The van der Waals surface area contributed by atoms with E-state index < -0.39 is 5.82 Å². The molecule has 10 nitrogen and oxygen atoms in total. The van der Waals surface area contributed by atoms with Crippen molar-refractivity contribution in [3.8, 4) is 0 Å². The summed E-state index contributed by atoms with van der Waals surface area (Å²) in [6.45, 7) is 3.79. The number of anilines is 1. The maximum absolute atomic E-state index is 15.1. The van der Waals surface area contributed by atoms with Crippen LogP contribution in [0.1, 0.15) is 48.0 Å². The molecule has 1 aromatic carbocycles. The predicted molar refractivity (Wildman–Crippen MR) is 118 cm³/mol. The van der Waals surface area contributed by atoms with Crippen LogP contribution in [0.25, 0.3) is 22.2 Å². The first-order chi connectivity index (χ1) is 16.1. The molecule has 1 aliphatic heterocycles. The van der Waals surface area contributed by atoms with Crippen molar-refractivity contribution >= 4 is 33.9 Å². The summed E-state index contributed by atoms with van der Waals surface area (Å²) < 4.78 is 22.5. The summed E-state index contributed by atoms with van der Waals surface area (Å²) in [7, 11) is 0. The minimum absolute atomic E-state index is 0.0882. The summed E-state index contributed by atoms with van der Waals surface area (Å²) in [5, 5.41) is 3.39. The lowest BCUT2D eigenvalue weighted by atomic mass is 10.1. The van der Waals surface area contributed by atoms with Crippen LogP contribution in [0.3, 0.4) is 0 Å². The van der Waals surface area contributed by atoms with Crippen LogP contribution < -0.4 is 5.32 Å². The number of rotatable bonds is 5. The van der Waals surface area contributed by atoms with Gasteiger partial charge in [-0.15, -0.1) is 0 Å². The topological polar surface area (TPSA) is 114 Å². The summed E-state index contributed by atoms with van der Waals surface area (Å²) >= 11 is 0. The molecule has 1 saturated heterocycles. The Kier molecular flexibility index (Phi) is 4.72. The van der Waals surface area contributed by atoms with Gasteiger partial charge in [0, 0.05) is 19.1 Å². The van der Waals surface area contributed by atoms with Gasteiger partial charge in [0.05, 0.1) is 36.6 Å². The highest BCUT2D eigenvalue weighted by atomic mass is 19.1. The monoisotopic (exact) mass is 450 g/mol. The molecule has 0 bridgehead atoms. The number of imidazole rings is 2. The molecule has 2 fully saturated rings. The maximum atomic E-state index is 15.1.